The number of nitrogens with zero attached hydrogens (tertiary/aromatic N) is 1. The second-order valence-corrected chi connectivity index (χ2v) is 3.67. The first kappa shape index (κ1) is 12.0. The van der Waals surface area contributed by atoms with Gasteiger partial charge in [0, 0.05) is 29.7 Å². The summed E-state index contributed by atoms with van der Waals surface area (Å²) in [5, 5.41) is 3.14. The summed E-state index contributed by atoms with van der Waals surface area (Å²) < 4.78 is 10.4. The molecule has 5 heteroatoms. The number of rotatable bonds is 4. The van der Waals surface area contributed by atoms with Gasteiger partial charge in [-0.15, -0.1) is 0 Å². The summed E-state index contributed by atoms with van der Waals surface area (Å²) in [7, 11) is 3.20. The molecule has 0 spiro atoms. The quantitative estimate of drug-likeness (QED) is 0.865. The van der Waals surface area contributed by atoms with E-state index in [1.807, 2.05) is 18.2 Å². The average molecular weight is 245 g/mol. The van der Waals surface area contributed by atoms with Crippen LogP contribution < -0.4 is 20.5 Å². The van der Waals surface area contributed by atoms with Crippen LogP contribution in [0.4, 0.5) is 17.2 Å². The molecule has 18 heavy (non-hydrogen) atoms. The first-order chi connectivity index (χ1) is 8.72. The van der Waals surface area contributed by atoms with E-state index in [0.29, 0.717) is 23.0 Å². The molecule has 0 aliphatic heterocycles. The van der Waals surface area contributed by atoms with E-state index in [4.69, 9.17) is 15.2 Å². The van der Waals surface area contributed by atoms with Crippen LogP contribution in [0.2, 0.25) is 0 Å². The summed E-state index contributed by atoms with van der Waals surface area (Å²) in [5.41, 5.74) is 7.20. The van der Waals surface area contributed by atoms with Crippen LogP contribution in [-0.2, 0) is 0 Å². The normalized spacial score (nSPS) is 9.89. The Morgan fingerprint density at radius 2 is 1.83 bits per heavy atom. The fraction of sp³-hybridized carbons (Fsp3) is 0.154. The minimum atomic E-state index is 0.659. The number of pyridine rings is 1. The molecule has 0 aliphatic carbocycles. The van der Waals surface area contributed by atoms with Crippen molar-refractivity contribution in [2.24, 2.45) is 0 Å². The first-order valence-electron chi connectivity index (χ1n) is 5.43. The molecule has 0 saturated heterocycles. The molecule has 0 unspecified atom stereocenters. The minimum absolute atomic E-state index is 0.659. The number of ether oxygens (including phenoxy) is 2. The minimum Gasteiger partial charge on any atom is -0.493 e. The maximum absolute atomic E-state index is 5.69. The van der Waals surface area contributed by atoms with Gasteiger partial charge in [-0.05, 0) is 18.2 Å². The fourth-order valence-electron chi connectivity index (χ4n) is 1.58. The van der Waals surface area contributed by atoms with Gasteiger partial charge in [0.25, 0.3) is 0 Å². The molecular weight excluding hydrogens is 230 g/mol. The van der Waals surface area contributed by atoms with Crippen molar-refractivity contribution >= 4 is 17.2 Å². The zero-order valence-electron chi connectivity index (χ0n) is 10.3. The third-order valence-electron chi connectivity index (χ3n) is 2.44. The lowest BCUT2D eigenvalue weighted by Gasteiger charge is -2.11. The van der Waals surface area contributed by atoms with Crippen LogP contribution in [0.25, 0.3) is 0 Å². The smallest absolute Gasteiger partial charge is 0.162 e. The van der Waals surface area contributed by atoms with Gasteiger partial charge in [0.05, 0.1) is 14.2 Å². The molecular formula is C13H15N3O2. The number of anilines is 3. The number of hydrogen-bond acceptors (Lipinski definition) is 5. The van der Waals surface area contributed by atoms with Gasteiger partial charge in [-0.25, -0.2) is 4.98 Å². The predicted molar refractivity (Wildman–Crippen MR) is 71.5 cm³/mol. The van der Waals surface area contributed by atoms with Crippen molar-refractivity contribution in [2.75, 3.05) is 25.3 Å². The van der Waals surface area contributed by atoms with Crippen molar-refractivity contribution in [1.82, 2.24) is 4.98 Å². The van der Waals surface area contributed by atoms with Gasteiger partial charge >= 0.3 is 0 Å². The molecule has 0 fully saturated rings. The van der Waals surface area contributed by atoms with E-state index in [-0.39, 0.29) is 0 Å². The number of methoxy groups -OCH3 is 2. The molecule has 0 aliphatic rings. The number of nitrogen functional groups attached to an aromatic ring is 1. The zero-order valence-corrected chi connectivity index (χ0v) is 10.3. The zero-order chi connectivity index (χ0) is 13.0. The highest BCUT2D eigenvalue weighted by Gasteiger charge is 2.05. The lowest BCUT2D eigenvalue weighted by Crippen LogP contribution is -1.96. The van der Waals surface area contributed by atoms with E-state index in [2.05, 4.69) is 10.3 Å². The molecule has 0 amide bonds. The Kier molecular flexibility index (Phi) is 3.52. The summed E-state index contributed by atoms with van der Waals surface area (Å²) >= 11 is 0. The standard InChI is InChI=1S/C13H15N3O2/c1-17-11-4-3-10(8-12(11)18-2)16-13-7-9(14)5-6-15-13/h3-8H,1-2H3,(H3,14,15,16). The molecule has 5 nitrogen and oxygen atoms in total. The fourth-order valence-corrected chi connectivity index (χ4v) is 1.58. The molecule has 0 saturated carbocycles. The largest absolute Gasteiger partial charge is 0.493 e. The highest BCUT2D eigenvalue weighted by Crippen LogP contribution is 2.30. The number of benzene rings is 1. The lowest BCUT2D eigenvalue weighted by molar-refractivity contribution is 0.355. The predicted octanol–water partition coefficient (Wildman–Crippen LogP) is 2.42. The second kappa shape index (κ2) is 5.27. The monoisotopic (exact) mass is 245 g/mol. The summed E-state index contributed by atoms with van der Waals surface area (Å²) in [6.45, 7) is 0. The third-order valence-corrected chi connectivity index (χ3v) is 2.44. The van der Waals surface area contributed by atoms with E-state index in [1.54, 1.807) is 32.5 Å². The van der Waals surface area contributed by atoms with E-state index in [1.165, 1.54) is 0 Å². The van der Waals surface area contributed by atoms with Crippen LogP contribution >= 0.6 is 0 Å². The third kappa shape index (κ3) is 2.63. The molecule has 2 rings (SSSR count). The summed E-state index contributed by atoms with van der Waals surface area (Å²) in [6, 6.07) is 9.04. The topological polar surface area (TPSA) is 69.4 Å². The van der Waals surface area contributed by atoms with Crippen LogP contribution in [0, 0.1) is 0 Å². The van der Waals surface area contributed by atoms with E-state index in [9.17, 15) is 0 Å². The van der Waals surface area contributed by atoms with Crippen LogP contribution in [0.15, 0.2) is 36.5 Å². The number of aromatic nitrogens is 1. The van der Waals surface area contributed by atoms with Gasteiger partial charge < -0.3 is 20.5 Å². The van der Waals surface area contributed by atoms with Gasteiger partial charge in [0.1, 0.15) is 5.82 Å². The molecule has 0 atom stereocenters. The molecule has 3 N–H and O–H groups in total. The Balaban J connectivity index is 2.24. The van der Waals surface area contributed by atoms with E-state index >= 15 is 0 Å². The maximum atomic E-state index is 5.69. The molecule has 94 valence electrons. The molecule has 1 aromatic heterocycles. The van der Waals surface area contributed by atoms with Gasteiger partial charge in [-0.2, -0.15) is 0 Å². The highest BCUT2D eigenvalue weighted by atomic mass is 16.5. The summed E-state index contributed by atoms with van der Waals surface area (Å²) in [4.78, 5) is 4.17. The van der Waals surface area contributed by atoms with Crippen LogP contribution in [0.1, 0.15) is 0 Å². The molecule has 2 aromatic rings. The molecule has 1 heterocycles. The van der Waals surface area contributed by atoms with Gasteiger partial charge in [0.2, 0.25) is 0 Å². The number of nitrogens with two attached hydrogens (primary N) is 1. The summed E-state index contributed by atoms with van der Waals surface area (Å²) in [5.74, 6) is 2.03. The van der Waals surface area contributed by atoms with Crippen molar-refractivity contribution in [1.29, 1.82) is 0 Å². The van der Waals surface area contributed by atoms with Crippen molar-refractivity contribution in [3.8, 4) is 11.5 Å². The van der Waals surface area contributed by atoms with Crippen molar-refractivity contribution < 1.29 is 9.47 Å². The first-order valence-corrected chi connectivity index (χ1v) is 5.43. The number of hydrogen-bond donors (Lipinski definition) is 2. The highest BCUT2D eigenvalue weighted by molar-refractivity contribution is 5.63. The van der Waals surface area contributed by atoms with Crippen LogP contribution in [-0.4, -0.2) is 19.2 Å². The number of nitrogens with one attached hydrogen (secondary N) is 1. The molecule has 0 radical (unpaired) electrons. The van der Waals surface area contributed by atoms with Crippen molar-refractivity contribution in [2.45, 2.75) is 0 Å². The van der Waals surface area contributed by atoms with E-state index in [0.717, 1.165) is 5.69 Å². The Labute approximate surface area is 106 Å². The van der Waals surface area contributed by atoms with E-state index < -0.39 is 0 Å². The SMILES string of the molecule is COc1ccc(Nc2cc(N)ccn2)cc1OC. The Morgan fingerprint density at radius 1 is 1.06 bits per heavy atom. The Morgan fingerprint density at radius 3 is 2.50 bits per heavy atom. The second-order valence-electron chi connectivity index (χ2n) is 3.67. The molecule has 0 bridgehead atoms. The molecule has 1 aromatic carbocycles. The maximum Gasteiger partial charge on any atom is 0.162 e. The van der Waals surface area contributed by atoms with Crippen molar-refractivity contribution in [3.63, 3.8) is 0 Å². The van der Waals surface area contributed by atoms with Gasteiger partial charge in [-0.3, -0.25) is 0 Å². The van der Waals surface area contributed by atoms with Crippen LogP contribution in [0.5, 0.6) is 11.5 Å². The Bertz CT molecular complexity index is 544. The van der Waals surface area contributed by atoms with Gasteiger partial charge in [-0.1, -0.05) is 0 Å². The van der Waals surface area contributed by atoms with Crippen molar-refractivity contribution in [3.05, 3.63) is 36.5 Å². The lowest BCUT2D eigenvalue weighted by atomic mass is 10.2. The average Bonchev–Trinajstić information content (AvgIpc) is 2.38. The van der Waals surface area contributed by atoms with Gasteiger partial charge in [0.15, 0.2) is 11.5 Å². The Hall–Kier alpha value is -2.43. The summed E-state index contributed by atoms with van der Waals surface area (Å²) in [6.07, 6.45) is 1.65. The van der Waals surface area contributed by atoms with Crippen LogP contribution in [0.3, 0.4) is 0 Å².